The molecule has 0 amide bonds. The average Bonchev–Trinajstić information content (AvgIpc) is 2.75. The van der Waals surface area contributed by atoms with Crippen molar-refractivity contribution < 1.29 is 9.53 Å². The maximum absolute atomic E-state index is 12.9. The highest BCUT2D eigenvalue weighted by molar-refractivity contribution is 6.10. The van der Waals surface area contributed by atoms with Crippen LogP contribution in [-0.4, -0.2) is 17.4 Å². The highest BCUT2D eigenvalue weighted by atomic mass is 16.5. The van der Waals surface area contributed by atoms with E-state index in [1.807, 2.05) is 31.3 Å². The predicted octanol–water partition coefficient (Wildman–Crippen LogP) is 4.72. The van der Waals surface area contributed by atoms with Crippen LogP contribution >= 0.6 is 0 Å². The number of rotatable bonds is 4. The molecule has 1 aromatic carbocycles. The van der Waals surface area contributed by atoms with Crippen molar-refractivity contribution >= 4 is 16.7 Å². The van der Waals surface area contributed by atoms with Crippen molar-refractivity contribution in [3.05, 3.63) is 30.0 Å². The smallest absolute Gasteiger partial charge is 0.168 e. The molecule has 1 saturated carbocycles. The number of Topliss-reactive ketones (excluding diaryl/α,β-unsaturated/α-hetero) is 1. The third-order valence-corrected chi connectivity index (χ3v) is 4.46. The second-order valence-electron chi connectivity index (χ2n) is 5.87. The van der Waals surface area contributed by atoms with Gasteiger partial charge in [-0.1, -0.05) is 31.7 Å². The molecule has 1 aliphatic carbocycles. The van der Waals surface area contributed by atoms with Gasteiger partial charge in [-0.25, -0.2) is 0 Å². The zero-order chi connectivity index (χ0) is 14.7. The Morgan fingerprint density at radius 1 is 1.24 bits per heavy atom. The Hall–Kier alpha value is -1.77. The number of carbonyl (C=O) groups excluding carboxylic acids is 1. The number of ketones is 1. The van der Waals surface area contributed by atoms with Gasteiger partial charge in [0.05, 0.1) is 12.0 Å². The van der Waals surface area contributed by atoms with Crippen molar-refractivity contribution in [1.82, 2.24) is 4.98 Å². The molecule has 112 valence electrons. The van der Waals surface area contributed by atoms with Crippen LogP contribution in [0.1, 0.15) is 55.8 Å². The van der Waals surface area contributed by atoms with Crippen LogP contribution in [0.25, 0.3) is 10.9 Å². The molecule has 1 heterocycles. The zero-order valence-corrected chi connectivity index (χ0v) is 12.7. The minimum atomic E-state index is 0.182. The molecule has 1 fully saturated rings. The number of aromatic amines is 1. The molecule has 0 radical (unpaired) electrons. The number of carbonyl (C=O) groups is 1. The van der Waals surface area contributed by atoms with Gasteiger partial charge in [0.1, 0.15) is 5.75 Å². The average molecular weight is 285 g/mol. The topological polar surface area (TPSA) is 42.1 Å². The van der Waals surface area contributed by atoms with Crippen LogP contribution in [0, 0.1) is 5.92 Å². The minimum Gasteiger partial charge on any atom is -0.493 e. The highest BCUT2D eigenvalue weighted by Crippen LogP contribution is 2.33. The third kappa shape index (κ3) is 2.82. The van der Waals surface area contributed by atoms with E-state index in [2.05, 4.69) is 4.98 Å². The molecule has 3 rings (SSSR count). The number of nitrogens with one attached hydrogen (secondary N) is 1. The molecule has 1 aromatic heterocycles. The van der Waals surface area contributed by atoms with E-state index >= 15 is 0 Å². The molecule has 0 saturated heterocycles. The van der Waals surface area contributed by atoms with Gasteiger partial charge in [0.25, 0.3) is 0 Å². The molecule has 0 spiro atoms. The van der Waals surface area contributed by atoms with E-state index in [-0.39, 0.29) is 11.7 Å². The van der Waals surface area contributed by atoms with Crippen LogP contribution in [-0.2, 0) is 0 Å². The van der Waals surface area contributed by atoms with Crippen LogP contribution in [0.4, 0.5) is 0 Å². The van der Waals surface area contributed by atoms with Crippen molar-refractivity contribution in [3.8, 4) is 5.75 Å². The first-order chi connectivity index (χ1) is 10.3. The van der Waals surface area contributed by atoms with E-state index in [9.17, 15) is 4.79 Å². The van der Waals surface area contributed by atoms with Gasteiger partial charge in [0.15, 0.2) is 5.78 Å². The largest absolute Gasteiger partial charge is 0.493 e. The van der Waals surface area contributed by atoms with Gasteiger partial charge in [-0.05, 0) is 31.9 Å². The van der Waals surface area contributed by atoms with Crippen LogP contribution < -0.4 is 4.74 Å². The van der Waals surface area contributed by atoms with E-state index < -0.39 is 0 Å². The summed E-state index contributed by atoms with van der Waals surface area (Å²) in [7, 11) is 0. The van der Waals surface area contributed by atoms with E-state index in [4.69, 9.17) is 4.74 Å². The summed E-state index contributed by atoms with van der Waals surface area (Å²) in [5.74, 6) is 1.28. The monoisotopic (exact) mass is 285 g/mol. The summed E-state index contributed by atoms with van der Waals surface area (Å²) in [6.45, 7) is 2.58. The minimum absolute atomic E-state index is 0.182. The van der Waals surface area contributed by atoms with E-state index in [0.717, 1.165) is 35.1 Å². The second kappa shape index (κ2) is 6.33. The van der Waals surface area contributed by atoms with Gasteiger partial charge in [-0.3, -0.25) is 4.79 Å². The fourth-order valence-corrected chi connectivity index (χ4v) is 3.38. The molecule has 1 aliphatic rings. The predicted molar refractivity (Wildman–Crippen MR) is 85.0 cm³/mol. The Morgan fingerprint density at radius 2 is 2.00 bits per heavy atom. The van der Waals surface area contributed by atoms with E-state index in [1.54, 1.807) is 0 Å². The molecule has 2 aromatic rings. The second-order valence-corrected chi connectivity index (χ2v) is 5.87. The molecular formula is C18H23NO2. The molecule has 0 bridgehead atoms. The van der Waals surface area contributed by atoms with Gasteiger partial charge in [0, 0.05) is 23.2 Å². The standard InChI is InChI=1S/C18H23NO2/c1-2-21-16-11-7-10-15-17(16)14(12-19-15)18(20)13-8-5-3-4-6-9-13/h7,10-13,19H,2-6,8-9H2,1H3. The number of aromatic nitrogens is 1. The number of fused-ring (bicyclic) bond motifs is 1. The number of H-pyrrole nitrogens is 1. The van der Waals surface area contributed by atoms with Crippen molar-refractivity contribution in [2.24, 2.45) is 5.92 Å². The van der Waals surface area contributed by atoms with Crippen molar-refractivity contribution in [2.75, 3.05) is 6.61 Å². The summed E-state index contributed by atoms with van der Waals surface area (Å²) in [6, 6.07) is 5.91. The lowest BCUT2D eigenvalue weighted by Gasteiger charge is -2.13. The van der Waals surface area contributed by atoms with E-state index in [0.29, 0.717) is 6.61 Å². The Balaban J connectivity index is 1.97. The Bertz CT molecular complexity index is 621. The molecule has 0 unspecified atom stereocenters. The quantitative estimate of drug-likeness (QED) is 0.652. The molecule has 3 heteroatoms. The van der Waals surface area contributed by atoms with E-state index in [1.165, 1.54) is 25.7 Å². The fourth-order valence-electron chi connectivity index (χ4n) is 3.38. The summed E-state index contributed by atoms with van der Waals surface area (Å²) >= 11 is 0. The first kappa shape index (κ1) is 14.2. The Kier molecular flexibility index (Phi) is 4.28. The molecular weight excluding hydrogens is 262 g/mol. The zero-order valence-electron chi connectivity index (χ0n) is 12.7. The summed E-state index contributed by atoms with van der Waals surface area (Å²) in [6.07, 6.45) is 8.81. The SMILES string of the molecule is CCOc1cccc2[nH]cc(C(=O)C3CCCCCC3)c12. The molecule has 0 aliphatic heterocycles. The molecule has 21 heavy (non-hydrogen) atoms. The van der Waals surface area contributed by atoms with Gasteiger partial charge < -0.3 is 9.72 Å². The first-order valence-electron chi connectivity index (χ1n) is 8.08. The van der Waals surface area contributed by atoms with Crippen LogP contribution in [0.2, 0.25) is 0 Å². The van der Waals surface area contributed by atoms with Crippen molar-refractivity contribution in [2.45, 2.75) is 45.4 Å². The van der Waals surface area contributed by atoms with Gasteiger partial charge in [0.2, 0.25) is 0 Å². The van der Waals surface area contributed by atoms with Gasteiger partial charge in [-0.15, -0.1) is 0 Å². The van der Waals surface area contributed by atoms with Gasteiger partial charge in [-0.2, -0.15) is 0 Å². The molecule has 1 N–H and O–H groups in total. The van der Waals surface area contributed by atoms with Crippen LogP contribution in [0.5, 0.6) is 5.75 Å². The number of hydrogen-bond acceptors (Lipinski definition) is 2. The lowest BCUT2D eigenvalue weighted by Crippen LogP contribution is -2.13. The van der Waals surface area contributed by atoms with Crippen LogP contribution in [0.3, 0.4) is 0 Å². The maximum Gasteiger partial charge on any atom is 0.168 e. The summed E-state index contributed by atoms with van der Waals surface area (Å²) in [5, 5.41) is 0.952. The van der Waals surface area contributed by atoms with Crippen molar-refractivity contribution in [3.63, 3.8) is 0 Å². The number of hydrogen-bond donors (Lipinski definition) is 1. The molecule has 0 atom stereocenters. The Morgan fingerprint density at radius 3 is 2.71 bits per heavy atom. The number of ether oxygens (including phenoxy) is 1. The third-order valence-electron chi connectivity index (χ3n) is 4.46. The first-order valence-corrected chi connectivity index (χ1v) is 8.08. The Labute approximate surface area is 125 Å². The number of benzene rings is 1. The van der Waals surface area contributed by atoms with Gasteiger partial charge >= 0.3 is 0 Å². The summed E-state index contributed by atoms with van der Waals surface area (Å²) in [5.41, 5.74) is 1.79. The summed E-state index contributed by atoms with van der Waals surface area (Å²) in [4.78, 5) is 16.1. The normalized spacial score (nSPS) is 16.8. The highest BCUT2D eigenvalue weighted by Gasteiger charge is 2.24. The lowest BCUT2D eigenvalue weighted by molar-refractivity contribution is 0.0909. The summed E-state index contributed by atoms with van der Waals surface area (Å²) < 4.78 is 5.71. The fraction of sp³-hybridized carbons (Fsp3) is 0.500. The lowest BCUT2D eigenvalue weighted by atomic mass is 9.91. The maximum atomic E-state index is 12.9. The van der Waals surface area contributed by atoms with Crippen molar-refractivity contribution in [1.29, 1.82) is 0 Å². The van der Waals surface area contributed by atoms with Crippen LogP contribution in [0.15, 0.2) is 24.4 Å². The molecule has 3 nitrogen and oxygen atoms in total.